The lowest BCUT2D eigenvalue weighted by molar-refractivity contribution is -0.143. The first-order chi connectivity index (χ1) is 18.7. The van der Waals surface area contributed by atoms with Gasteiger partial charge in [-0.1, -0.05) is 24.3 Å². The lowest BCUT2D eigenvalue weighted by atomic mass is 9.96. The molecular formula is C27H25F6N3O3S. The number of carbonyl (C=O) groups excluding carboxylic acids is 3. The summed E-state index contributed by atoms with van der Waals surface area (Å²) >= 11 is -1.16. The Morgan fingerprint density at radius 1 is 0.975 bits per heavy atom. The van der Waals surface area contributed by atoms with E-state index in [0.717, 1.165) is 10.5 Å². The van der Waals surface area contributed by atoms with Crippen LogP contribution in [0.15, 0.2) is 54.7 Å². The highest BCUT2D eigenvalue weighted by molar-refractivity contribution is 8.15. The Kier molecular flexibility index (Phi) is 7.97. The molecule has 0 unspecified atom stereocenters. The Balaban J connectivity index is 1.74. The fraction of sp³-hybridized carbons (Fsp3) is 0.259. The molecule has 0 bridgehead atoms. The fourth-order valence-electron chi connectivity index (χ4n) is 4.50. The number of hydrogen-bond acceptors (Lipinski definition) is 4. The molecule has 214 valence electrons. The predicted octanol–water partition coefficient (Wildman–Crippen LogP) is 4.90. The van der Waals surface area contributed by atoms with Crippen molar-refractivity contribution >= 4 is 34.5 Å². The maximum Gasteiger partial charge on any atom is 0.416 e. The maximum atomic E-state index is 13.5. The number of alkyl halides is 6. The second kappa shape index (κ2) is 11.0. The highest BCUT2D eigenvalue weighted by atomic mass is 32.2. The smallest absolute Gasteiger partial charge is 0.337 e. The predicted molar refractivity (Wildman–Crippen MR) is 142 cm³/mol. The van der Waals surface area contributed by atoms with Gasteiger partial charge in [-0.25, -0.2) is 16.7 Å². The van der Waals surface area contributed by atoms with E-state index < -0.39 is 58.7 Å². The van der Waals surface area contributed by atoms with E-state index in [4.69, 9.17) is 0 Å². The van der Waals surface area contributed by atoms with Gasteiger partial charge in [-0.15, -0.1) is 0 Å². The van der Waals surface area contributed by atoms with Crippen molar-refractivity contribution in [3.05, 3.63) is 82.5 Å². The third kappa shape index (κ3) is 6.14. The molecule has 1 aromatic heterocycles. The average molecular weight is 586 g/mol. The van der Waals surface area contributed by atoms with Crippen LogP contribution in [0.25, 0.3) is 11.1 Å². The van der Waals surface area contributed by atoms with Gasteiger partial charge in [0.05, 0.1) is 16.7 Å². The Labute approximate surface area is 229 Å². The molecule has 2 amide bonds. The standard InChI is InChI=1S/C27H25F6N3O3S/c1-15-5-3-4-6-19(15)20-12-22(36-7-8-40-25(39)24(36)38)34-13-21(20)23(37)35(2)14-16-9-17(26(28,29)30)11-18(10-16)27(31,32)33/h3-6,9-13H,7-8,14H2,1-2H3,40H4. The van der Waals surface area contributed by atoms with E-state index in [0.29, 0.717) is 35.6 Å². The average Bonchev–Trinajstić information content (AvgIpc) is 2.88. The molecular weight excluding hydrogens is 560 g/mol. The van der Waals surface area contributed by atoms with Gasteiger partial charge in [-0.05, 0) is 59.2 Å². The zero-order valence-corrected chi connectivity index (χ0v) is 22.8. The minimum absolute atomic E-state index is 0.0220. The first kappa shape index (κ1) is 29.1. The first-order valence-electron chi connectivity index (χ1n) is 12.1. The van der Waals surface area contributed by atoms with Crippen molar-refractivity contribution in [3.8, 4) is 11.1 Å². The highest BCUT2D eigenvalue weighted by Gasteiger charge is 2.37. The number of pyridine rings is 1. The molecule has 4 rings (SSSR count). The van der Waals surface area contributed by atoms with Crippen LogP contribution >= 0.6 is 11.8 Å². The SMILES string of the molecule is Cc1ccccc1-c1cc(N2CC[SH4]C(=O)C2=O)ncc1C(=O)N(C)Cc1cc(C(F)(F)F)cc(C(F)(F)F)c1. The highest BCUT2D eigenvalue weighted by Crippen LogP contribution is 2.37. The Hall–Kier alpha value is -3.87. The van der Waals surface area contributed by atoms with Gasteiger partial charge in [0.25, 0.3) is 5.91 Å². The van der Waals surface area contributed by atoms with Crippen LogP contribution in [-0.4, -0.2) is 46.2 Å². The molecule has 0 atom stereocenters. The van der Waals surface area contributed by atoms with E-state index in [1.54, 1.807) is 31.2 Å². The van der Waals surface area contributed by atoms with Crippen molar-refractivity contribution in [2.45, 2.75) is 25.8 Å². The number of halogens is 6. The van der Waals surface area contributed by atoms with Gasteiger partial charge >= 0.3 is 18.3 Å². The molecule has 0 spiro atoms. The number of amides is 2. The molecule has 40 heavy (non-hydrogen) atoms. The lowest BCUT2D eigenvalue weighted by Gasteiger charge is -2.27. The van der Waals surface area contributed by atoms with Crippen molar-refractivity contribution in [2.75, 3.05) is 24.2 Å². The summed E-state index contributed by atoms with van der Waals surface area (Å²) in [4.78, 5) is 44.5. The van der Waals surface area contributed by atoms with Crippen molar-refractivity contribution in [2.24, 2.45) is 0 Å². The van der Waals surface area contributed by atoms with Gasteiger partial charge in [0.2, 0.25) is 5.12 Å². The second-order valence-corrected chi connectivity index (χ2v) is 11.3. The summed E-state index contributed by atoms with van der Waals surface area (Å²) < 4.78 is 79.9. The van der Waals surface area contributed by atoms with Crippen LogP contribution < -0.4 is 4.90 Å². The molecule has 1 saturated heterocycles. The maximum absolute atomic E-state index is 13.5. The second-order valence-electron chi connectivity index (χ2n) is 9.46. The summed E-state index contributed by atoms with van der Waals surface area (Å²) in [5.41, 5.74) is -1.58. The van der Waals surface area contributed by atoms with Gasteiger partial charge in [-0.2, -0.15) is 26.3 Å². The third-order valence-electron chi connectivity index (χ3n) is 6.51. The summed E-state index contributed by atoms with van der Waals surface area (Å²) in [7, 11) is 1.25. The number of anilines is 1. The Morgan fingerprint density at radius 2 is 1.60 bits per heavy atom. The summed E-state index contributed by atoms with van der Waals surface area (Å²) in [5, 5.41) is -0.426. The van der Waals surface area contributed by atoms with Gasteiger partial charge < -0.3 is 4.90 Å². The lowest BCUT2D eigenvalue weighted by Crippen LogP contribution is -2.41. The number of aryl methyl sites for hydroxylation is 1. The van der Waals surface area contributed by atoms with E-state index in [9.17, 15) is 40.7 Å². The Bertz CT molecular complexity index is 1460. The molecule has 2 heterocycles. The fourth-order valence-corrected chi connectivity index (χ4v) is 5.70. The molecule has 0 saturated carbocycles. The van der Waals surface area contributed by atoms with E-state index in [-0.39, 0.29) is 23.0 Å². The van der Waals surface area contributed by atoms with Crippen molar-refractivity contribution in [3.63, 3.8) is 0 Å². The molecule has 1 aliphatic heterocycles. The van der Waals surface area contributed by atoms with Crippen LogP contribution in [0.3, 0.4) is 0 Å². The van der Waals surface area contributed by atoms with Crippen molar-refractivity contribution in [1.29, 1.82) is 0 Å². The van der Waals surface area contributed by atoms with Crippen LogP contribution in [0.5, 0.6) is 0 Å². The van der Waals surface area contributed by atoms with E-state index in [1.807, 2.05) is 0 Å². The molecule has 6 nitrogen and oxygen atoms in total. The molecule has 0 radical (unpaired) electrons. The van der Waals surface area contributed by atoms with Crippen LogP contribution in [0, 0.1) is 6.92 Å². The van der Waals surface area contributed by atoms with E-state index in [2.05, 4.69) is 4.98 Å². The van der Waals surface area contributed by atoms with Crippen LogP contribution in [0.4, 0.5) is 32.2 Å². The number of aromatic nitrogens is 1. The topological polar surface area (TPSA) is 70.6 Å². The normalized spacial score (nSPS) is 14.7. The van der Waals surface area contributed by atoms with E-state index >= 15 is 0 Å². The minimum Gasteiger partial charge on any atom is -0.337 e. The van der Waals surface area contributed by atoms with Gasteiger partial charge in [-0.3, -0.25) is 19.3 Å². The summed E-state index contributed by atoms with van der Waals surface area (Å²) in [5.74, 6) is -0.636. The monoisotopic (exact) mass is 585 g/mol. The molecule has 3 aromatic rings. The van der Waals surface area contributed by atoms with Crippen LogP contribution in [-0.2, 0) is 28.5 Å². The zero-order valence-electron chi connectivity index (χ0n) is 21.4. The molecule has 1 fully saturated rings. The van der Waals surface area contributed by atoms with Crippen LogP contribution in [0.2, 0.25) is 0 Å². The summed E-state index contributed by atoms with van der Waals surface area (Å²) in [6, 6.07) is 9.68. The third-order valence-corrected chi connectivity index (χ3v) is 7.94. The molecule has 0 N–H and O–H groups in total. The molecule has 1 aliphatic rings. The largest absolute Gasteiger partial charge is 0.416 e. The van der Waals surface area contributed by atoms with Crippen LogP contribution in [0.1, 0.15) is 32.6 Å². The number of carbonyl (C=O) groups is 3. The van der Waals surface area contributed by atoms with E-state index in [1.165, 1.54) is 24.2 Å². The minimum atomic E-state index is -5.02. The van der Waals surface area contributed by atoms with Gasteiger partial charge in [0.1, 0.15) is 5.82 Å². The summed E-state index contributed by atoms with van der Waals surface area (Å²) in [6.45, 7) is 1.54. The first-order valence-corrected chi connectivity index (χ1v) is 13.8. The summed E-state index contributed by atoms with van der Waals surface area (Å²) in [6.07, 6.45) is -8.84. The van der Waals surface area contributed by atoms with Crippen molar-refractivity contribution < 1.29 is 40.7 Å². The molecule has 13 heteroatoms. The van der Waals surface area contributed by atoms with Gasteiger partial charge in [0.15, 0.2) is 0 Å². The van der Waals surface area contributed by atoms with Gasteiger partial charge in [0, 0.05) is 26.3 Å². The number of rotatable bonds is 5. The number of nitrogens with zero attached hydrogens (tertiary/aromatic N) is 3. The zero-order chi connectivity index (χ0) is 29.4. The number of hydrogen-bond donors (Lipinski definition) is 0. The molecule has 2 aromatic carbocycles. The quantitative estimate of drug-likeness (QED) is 0.316. The van der Waals surface area contributed by atoms with Crippen molar-refractivity contribution in [1.82, 2.24) is 9.88 Å². The Morgan fingerprint density at radius 3 is 2.20 bits per heavy atom. The molecule has 0 aliphatic carbocycles. The number of benzene rings is 2.